The van der Waals surface area contributed by atoms with Crippen LogP contribution in [0, 0.1) is 11.3 Å². The summed E-state index contributed by atoms with van der Waals surface area (Å²) >= 11 is 0. The van der Waals surface area contributed by atoms with Gasteiger partial charge >= 0.3 is 0 Å². The Hall–Kier alpha value is -2.88. The lowest BCUT2D eigenvalue weighted by Gasteiger charge is -2.24. The van der Waals surface area contributed by atoms with Gasteiger partial charge in [-0.25, -0.2) is 4.98 Å². The van der Waals surface area contributed by atoms with Crippen LogP contribution >= 0.6 is 0 Å². The third kappa shape index (κ3) is 3.27. The van der Waals surface area contributed by atoms with Crippen molar-refractivity contribution in [1.82, 2.24) is 14.3 Å². The van der Waals surface area contributed by atoms with Gasteiger partial charge in [0, 0.05) is 31.9 Å². The van der Waals surface area contributed by atoms with Crippen LogP contribution in [-0.4, -0.2) is 44.6 Å². The van der Waals surface area contributed by atoms with E-state index in [1.165, 1.54) is 5.56 Å². The standard InChI is InChI=1S/C20H21N5O/c21-11-18-20(23-19-8-4-5-9-25(18)19)22-12-16-10-17(26)14-24(16)13-15-6-2-1-3-7-15/h1-9,16-17,22,26H,10,12-14H2/t16-,17+/m0/s1. The topological polar surface area (TPSA) is 76.6 Å². The number of pyridine rings is 1. The fourth-order valence-corrected chi connectivity index (χ4v) is 3.62. The number of rotatable bonds is 5. The van der Waals surface area contributed by atoms with Gasteiger partial charge in [0.2, 0.25) is 0 Å². The average molecular weight is 347 g/mol. The van der Waals surface area contributed by atoms with Gasteiger partial charge in [0.15, 0.2) is 11.5 Å². The number of benzene rings is 1. The number of hydrogen-bond acceptors (Lipinski definition) is 5. The second kappa shape index (κ2) is 7.16. The summed E-state index contributed by atoms with van der Waals surface area (Å²) in [7, 11) is 0. The molecule has 0 spiro atoms. The molecule has 0 bridgehead atoms. The Labute approximate surface area is 152 Å². The van der Waals surface area contributed by atoms with Crippen LogP contribution in [-0.2, 0) is 6.54 Å². The number of aliphatic hydroxyl groups is 1. The average Bonchev–Trinajstić information content (AvgIpc) is 3.20. The molecule has 1 fully saturated rings. The molecule has 4 rings (SSSR count). The number of nitrogens with zero attached hydrogens (tertiary/aromatic N) is 4. The van der Waals surface area contributed by atoms with Crippen molar-refractivity contribution >= 4 is 11.5 Å². The summed E-state index contributed by atoms with van der Waals surface area (Å²) < 4.78 is 1.79. The lowest BCUT2D eigenvalue weighted by atomic mass is 10.1. The van der Waals surface area contributed by atoms with E-state index < -0.39 is 0 Å². The van der Waals surface area contributed by atoms with Gasteiger partial charge in [-0.2, -0.15) is 5.26 Å². The fraction of sp³-hybridized carbons (Fsp3) is 0.300. The summed E-state index contributed by atoms with van der Waals surface area (Å²) in [5.41, 5.74) is 2.49. The minimum Gasteiger partial charge on any atom is -0.392 e. The molecule has 3 aromatic rings. The number of anilines is 1. The van der Waals surface area contributed by atoms with Crippen molar-refractivity contribution in [2.45, 2.75) is 25.1 Å². The minimum absolute atomic E-state index is 0.196. The van der Waals surface area contributed by atoms with Gasteiger partial charge in [-0.1, -0.05) is 36.4 Å². The van der Waals surface area contributed by atoms with Crippen molar-refractivity contribution in [3.63, 3.8) is 0 Å². The molecule has 26 heavy (non-hydrogen) atoms. The van der Waals surface area contributed by atoms with Gasteiger partial charge in [0.25, 0.3) is 0 Å². The molecule has 0 radical (unpaired) electrons. The van der Waals surface area contributed by atoms with Crippen LogP contribution in [0.25, 0.3) is 5.65 Å². The number of hydrogen-bond donors (Lipinski definition) is 2. The normalized spacial score (nSPS) is 20.3. The van der Waals surface area contributed by atoms with Crippen molar-refractivity contribution in [1.29, 1.82) is 5.26 Å². The third-order valence-electron chi connectivity index (χ3n) is 4.88. The Bertz CT molecular complexity index is 930. The number of imidazole rings is 1. The van der Waals surface area contributed by atoms with E-state index in [1.54, 1.807) is 4.40 Å². The zero-order valence-corrected chi connectivity index (χ0v) is 14.4. The molecule has 2 N–H and O–H groups in total. The molecule has 0 aliphatic carbocycles. The zero-order valence-electron chi connectivity index (χ0n) is 14.4. The molecular formula is C20H21N5O. The molecule has 0 unspecified atom stereocenters. The number of nitriles is 1. The first-order valence-corrected chi connectivity index (χ1v) is 8.81. The first-order chi connectivity index (χ1) is 12.7. The summed E-state index contributed by atoms with van der Waals surface area (Å²) in [6.07, 6.45) is 2.24. The monoisotopic (exact) mass is 347 g/mol. The van der Waals surface area contributed by atoms with Crippen molar-refractivity contribution in [2.75, 3.05) is 18.4 Å². The van der Waals surface area contributed by atoms with E-state index in [2.05, 4.69) is 33.4 Å². The predicted octanol–water partition coefficient (Wildman–Crippen LogP) is 2.25. The van der Waals surface area contributed by atoms with E-state index in [0.717, 1.165) is 18.6 Å². The van der Waals surface area contributed by atoms with E-state index in [0.29, 0.717) is 24.6 Å². The summed E-state index contributed by atoms with van der Waals surface area (Å²) in [6.45, 7) is 2.11. The SMILES string of the molecule is N#Cc1c(NC[C@@H]2C[C@@H](O)CN2Cc2ccccc2)nc2ccccn12. The molecule has 2 aromatic heterocycles. The molecule has 3 heterocycles. The predicted molar refractivity (Wildman–Crippen MR) is 99.7 cm³/mol. The first-order valence-electron chi connectivity index (χ1n) is 8.81. The van der Waals surface area contributed by atoms with Crippen molar-refractivity contribution in [2.24, 2.45) is 0 Å². The van der Waals surface area contributed by atoms with Crippen LogP contribution in [0.5, 0.6) is 0 Å². The maximum atomic E-state index is 10.1. The van der Waals surface area contributed by atoms with Gasteiger partial charge in [0.05, 0.1) is 6.10 Å². The van der Waals surface area contributed by atoms with Crippen LogP contribution in [0.2, 0.25) is 0 Å². The van der Waals surface area contributed by atoms with E-state index >= 15 is 0 Å². The van der Waals surface area contributed by atoms with Gasteiger partial charge in [0.1, 0.15) is 11.7 Å². The van der Waals surface area contributed by atoms with Crippen LogP contribution in [0.4, 0.5) is 5.82 Å². The van der Waals surface area contributed by atoms with Gasteiger partial charge in [-0.3, -0.25) is 9.30 Å². The summed E-state index contributed by atoms with van der Waals surface area (Å²) in [5.74, 6) is 0.597. The molecule has 6 nitrogen and oxygen atoms in total. The number of nitrogens with one attached hydrogen (secondary N) is 1. The number of aliphatic hydroxyl groups excluding tert-OH is 1. The number of aromatic nitrogens is 2. The Kier molecular flexibility index (Phi) is 4.57. The summed E-state index contributed by atoms with van der Waals surface area (Å²) in [4.78, 5) is 6.81. The van der Waals surface area contributed by atoms with Gasteiger partial charge in [-0.15, -0.1) is 0 Å². The highest BCUT2D eigenvalue weighted by molar-refractivity contribution is 5.58. The van der Waals surface area contributed by atoms with Crippen molar-refractivity contribution in [3.05, 3.63) is 66.0 Å². The highest BCUT2D eigenvalue weighted by atomic mass is 16.3. The number of likely N-dealkylation sites (tertiary alicyclic amines) is 1. The molecular weight excluding hydrogens is 326 g/mol. The molecule has 2 atom stereocenters. The molecule has 0 saturated carbocycles. The second-order valence-corrected chi connectivity index (χ2v) is 6.69. The van der Waals surface area contributed by atoms with Crippen LogP contribution in [0.3, 0.4) is 0 Å². The Morgan fingerprint density at radius 1 is 1.19 bits per heavy atom. The highest BCUT2D eigenvalue weighted by Gasteiger charge is 2.31. The lowest BCUT2D eigenvalue weighted by Crippen LogP contribution is -2.34. The zero-order chi connectivity index (χ0) is 17.9. The third-order valence-corrected chi connectivity index (χ3v) is 4.88. The molecule has 1 saturated heterocycles. The van der Waals surface area contributed by atoms with E-state index in [1.807, 2.05) is 42.6 Å². The van der Waals surface area contributed by atoms with Crippen LogP contribution < -0.4 is 5.32 Å². The molecule has 1 aliphatic rings. The maximum absolute atomic E-state index is 10.1. The highest BCUT2D eigenvalue weighted by Crippen LogP contribution is 2.22. The molecule has 132 valence electrons. The molecule has 1 aliphatic heterocycles. The van der Waals surface area contributed by atoms with Crippen molar-refractivity contribution in [3.8, 4) is 6.07 Å². The Morgan fingerprint density at radius 2 is 2.00 bits per heavy atom. The van der Waals surface area contributed by atoms with Crippen LogP contribution in [0.15, 0.2) is 54.7 Å². The van der Waals surface area contributed by atoms with Gasteiger partial charge in [-0.05, 0) is 24.1 Å². The van der Waals surface area contributed by atoms with E-state index in [9.17, 15) is 10.4 Å². The van der Waals surface area contributed by atoms with E-state index in [-0.39, 0.29) is 12.1 Å². The Morgan fingerprint density at radius 3 is 2.81 bits per heavy atom. The number of fused-ring (bicyclic) bond motifs is 1. The molecule has 0 amide bonds. The smallest absolute Gasteiger partial charge is 0.168 e. The minimum atomic E-state index is -0.318. The second-order valence-electron chi connectivity index (χ2n) is 6.69. The maximum Gasteiger partial charge on any atom is 0.168 e. The van der Waals surface area contributed by atoms with Gasteiger partial charge < -0.3 is 10.4 Å². The fourth-order valence-electron chi connectivity index (χ4n) is 3.62. The largest absolute Gasteiger partial charge is 0.392 e. The van der Waals surface area contributed by atoms with Crippen LogP contribution in [0.1, 0.15) is 17.7 Å². The first kappa shape index (κ1) is 16.6. The number of β-amino-alcohol motifs (C(OH)–C–C–N with tert-alkyl or cyclic N) is 1. The van der Waals surface area contributed by atoms with E-state index in [4.69, 9.17) is 0 Å². The summed E-state index contributed by atoms with van der Waals surface area (Å²) in [6, 6.07) is 18.4. The molecule has 6 heteroatoms. The van der Waals surface area contributed by atoms with Crippen molar-refractivity contribution < 1.29 is 5.11 Å². The quantitative estimate of drug-likeness (QED) is 0.740. The summed E-state index contributed by atoms with van der Waals surface area (Å²) in [5, 5.41) is 22.9. The Balaban J connectivity index is 1.49. The lowest BCUT2D eigenvalue weighted by molar-refractivity contribution is 0.173. The molecule has 1 aromatic carbocycles.